The van der Waals surface area contributed by atoms with Crippen molar-refractivity contribution in [2.24, 2.45) is 11.5 Å². The average molecular weight is 415 g/mol. The second-order valence-corrected chi connectivity index (χ2v) is 7.53. The van der Waals surface area contributed by atoms with Crippen molar-refractivity contribution >= 4 is 29.1 Å². The SMILES string of the molecule is CN(C)C(=O)c1cc(Nc2nc(NC3CCCC[C@@H]3N)c(F)cc2C(N)=O)ccn1. The number of nitrogens with two attached hydrogens (primary N) is 2. The minimum atomic E-state index is -0.830. The lowest BCUT2D eigenvalue weighted by Gasteiger charge is -2.30. The van der Waals surface area contributed by atoms with Gasteiger partial charge in [-0.3, -0.25) is 14.6 Å². The summed E-state index contributed by atoms with van der Waals surface area (Å²) in [6, 6.07) is 3.95. The van der Waals surface area contributed by atoms with Crippen LogP contribution in [0.15, 0.2) is 24.4 Å². The molecular formula is C20H26FN7O2. The summed E-state index contributed by atoms with van der Waals surface area (Å²) in [6.45, 7) is 0. The Bertz CT molecular complexity index is 951. The minimum Gasteiger partial charge on any atom is -0.365 e. The van der Waals surface area contributed by atoms with Crippen LogP contribution in [0.2, 0.25) is 0 Å². The number of hydrogen-bond donors (Lipinski definition) is 4. The van der Waals surface area contributed by atoms with Gasteiger partial charge in [-0.1, -0.05) is 12.8 Å². The van der Waals surface area contributed by atoms with Crippen LogP contribution < -0.4 is 22.1 Å². The summed E-state index contributed by atoms with van der Waals surface area (Å²) < 4.78 is 14.6. The van der Waals surface area contributed by atoms with Crippen LogP contribution in [-0.2, 0) is 0 Å². The lowest BCUT2D eigenvalue weighted by molar-refractivity contribution is 0.0821. The molecule has 9 nitrogen and oxygen atoms in total. The number of pyridine rings is 2. The highest BCUT2D eigenvalue weighted by Crippen LogP contribution is 2.27. The lowest BCUT2D eigenvalue weighted by atomic mass is 9.91. The van der Waals surface area contributed by atoms with Gasteiger partial charge in [0.1, 0.15) is 11.5 Å². The highest BCUT2D eigenvalue weighted by Gasteiger charge is 2.24. The van der Waals surface area contributed by atoms with Crippen LogP contribution >= 0.6 is 0 Å². The number of primary amides is 1. The largest absolute Gasteiger partial charge is 0.365 e. The molecule has 1 fully saturated rings. The standard InChI is InChI=1S/C20H26FN7O2/c1-28(2)20(30)16-9-11(7-8-24-16)25-18-12(17(23)29)10-13(21)19(27-18)26-15-6-4-3-5-14(15)22/h7-10,14-15H,3-6,22H2,1-2H3,(H2,23,29)(H2,24,25,26,27)/t14-,15?/m0/s1. The number of aromatic nitrogens is 2. The van der Waals surface area contributed by atoms with Crippen molar-refractivity contribution in [3.05, 3.63) is 41.5 Å². The van der Waals surface area contributed by atoms with Crippen LogP contribution in [0.4, 0.5) is 21.7 Å². The second-order valence-electron chi connectivity index (χ2n) is 7.53. The molecule has 30 heavy (non-hydrogen) atoms. The molecule has 0 bridgehead atoms. The van der Waals surface area contributed by atoms with Gasteiger partial charge in [0, 0.05) is 38.1 Å². The lowest BCUT2D eigenvalue weighted by Crippen LogP contribution is -2.43. The number of nitrogens with zero attached hydrogens (tertiary/aromatic N) is 3. The van der Waals surface area contributed by atoms with Crippen molar-refractivity contribution in [3.8, 4) is 0 Å². The molecule has 2 atom stereocenters. The van der Waals surface area contributed by atoms with Crippen LogP contribution in [-0.4, -0.2) is 52.9 Å². The van der Waals surface area contributed by atoms with E-state index in [4.69, 9.17) is 11.5 Å². The Kier molecular flexibility index (Phi) is 6.46. The molecule has 0 radical (unpaired) electrons. The van der Waals surface area contributed by atoms with Crippen molar-refractivity contribution < 1.29 is 14.0 Å². The fourth-order valence-corrected chi connectivity index (χ4v) is 3.38. The predicted molar refractivity (Wildman–Crippen MR) is 112 cm³/mol. The summed E-state index contributed by atoms with van der Waals surface area (Å²) in [4.78, 5) is 33.7. The van der Waals surface area contributed by atoms with Gasteiger partial charge in [-0.15, -0.1) is 0 Å². The van der Waals surface area contributed by atoms with Crippen LogP contribution in [0.1, 0.15) is 46.5 Å². The number of rotatable bonds is 6. The smallest absolute Gasteiger partial charge is 0.272 e. The zero-order valence-electron chi connectivity index (χ0n) is 17.0. The minimum absolute atomic E-state index is 0.0107. The summed E-state index contributed by atoms with van der Waals surface area (Å²) >= 11 is 0. The van der Waals surface area contributed by atoms with Gasteiger partial charge >= 0.3 is 0 Å². The number of hydrogen-bond acceptors (Lipinski definition) is 7. The van der Waals surface area contributed by atoms with Crippen LogP contribution in [0, 0.1) is 5.82 Å². The Morgan fingerprint density at radius 3 is 2.60 bits per heavy atom. The van der Waals surface area contributed by atoms with Crippen LogP contribution in [0.3, 0.4) is 0 Å². The van der Waals surface area contributed by atoms with E-state index in [0.717, 1.165) is 31.7 Å². The quantitative estimate of drug-likeness (QED) is 0.564. The molecule has 3 rings (SSSR count). The third-order valence-corrected chi connectivity index (χ3v) is 5.03. The molecule has 6 N–H and O–H groups in total. The third-order valence-electron chi connectivity index (χ3n) is 5.03. The first kappa shape index (κ1) is 21.4. The number of carbonyl (C=O) groups excluding carboxylic acids is 2. The Hall–Kier alpha value is -3.27. The number of halogens is 1. The summed E-state index contributed by atoms with van der Waals surface area (Å²) in [6.07, 6.45) is 5.15. The molecule has 0 spiro atoms. The van der Waals surface area contributed by atoms with Crippen LogP contribution in [0.5, 0.6) is 0 Å². The van der Waals surface area contributed by atoms with E-state index >= 15 is 0 Å². The van der Waals surface area contributed by atoms with Gasteiger partial charge < -0.3 is 27.0 Å². The zero-order valence-corrected chi connectivity index (χ0v) is 17.0. The van der Waals surface area contributed by atoms with Gasteiger partial charge in [0.2, 0.25) is 0 Å². The first-order chi connectivity index (χ1) is 14.3. The van der Waals surface area contributed by atoms with E-state index < -0.39 is 11.7 Å². The summed E-state index contributed by atoms with van der Waals surface area (Å²) in [5.74, 6) is -1.74. The number of amides is 2. The Labute approximate surface area is 174 Å². The number of carbonyl (C=O) groups is 2. The molecule has 2 amide bonds. The molecule has 1 aliphatic carbocycles. The van der Waals surface area contributed by atoms with E-state index in [9.17, 15) is 14.0 Å². The fourth-order valence-electron chi connectivity index (χ4n) is 3.38. The predicted octanol–water partition coefficient (Wildman–Crippen LogP) is 1.84. The van der Waals surface area contributed by atoms with Gasteiger partial charge in [0.25, 0.3) is 11.8 Å². The van der Waals surface area contributed by atoms with Gasteiger partial charge in [-0.05, 0) is 31.0 Å². The molecule has 1 unspecified atom stereocenters. The molecule has 1 aliphatic rings. The maximum atomic E-state index is 14.6. The van der Waals surface area contributed by atoms with E-state index in [1.54, 1.807) is 20.2 Å². The highest BCUT2D eigenvalue weighted by atomic mass is 19.1. The monoisotopic (exact) mass is 415 g/mol. The van der Waals surface area contributed by atoms with Gasteiger partial charge in [0.05, 0.1) is 5.56 Å². The fraction of sp³-hybridized carbons (Fsp3) is 0.400. The highest BCUT2D eigenvalue weighted by molar-refractivity contribution is 5.99. The zero-order chi connectivity index (χ0) is 21.8. The van der Waals surface area contributed by atoms with E-state index in [2.05, 4.69) is 20.6 Å². The van der Waals surface area contributed by atoms with Gasteiger partial charge in [-0.2, -0.15) is 0 Å². The molecule has 10 heteroatoms. The van der Waals surface area contributed by atoms with Crippen molar-refractivity contribution in [2.75, 3.05) is 24.7 Å². The maximum Gasteiger partial charge on any atom is 0.272 e. The molecule has 0 aliphatic heterocycles. The molecule has 0 saturated heterocycles. The van der Waals surface area contributed by atoms with E-state index in [0.29, 0.717) is 5.69 Å². The van der Waals surface area contributed by atoms with E-state index in [-0.39, 0.29) is 40.9 Å². The number of anilines is 3. The van der Waals surface area contributed by atoms with Crippen molar-refractivity contribution in [3.63, 3.8) is 0 Å². The molecule has 2 aromatic rings. The molecular weight excluding hydrogens is 389 g/mol. The Morgan fingerprint density at radius 1 is 1.20 bits per heavy atom. The summed E-state index contributed by atoms with van der Waals surface area (Å²) in [7, 11) is 3.23. The first-order valence-corrected chi connectivity index (χ1v) is 9.73. The van der Waals surface area contributed by atoms with Crippen LogP contribution in [0.25, 0.3) is 0 Å². The Balaban J connectivity index is 1.92. The normalized spacial score (nSPS) is 18.5. The average Bonchev–Trinajstić information content (AvgIpc) is 2.71. The van der Waals surface area contributed by atoms with Crippen molar-refractivity contribution in [1.29, 1.82) is 0 Å². The molecule has 2 aromatic heterocycles. The summed E-state index contributed by atoms with van der Waals surface area (Å²) in [5, 5.41) is 6.00. The van der Waals surface area contributed by atoms with E-state index in [1.807, 2.05) is 0 Å². The second kappa shape index (κ2) is 9.04. The topological polar surface area (TPSA) is 139 Å². The van der Waals surface area contributed by atoms with Gasteiger partial charge in [-0.25, -0.2) is 9.37 Å². The van der Waals surface area contributed by atoms with Gasteiger partial charge in [0.15, 0.2) is 11.6 Å². The number of nitrogens with one attached hydrogen (secondary N) is 2. The third kappa shape index (κ3) is 4.82. The maximum absolute atomic E-state index is 14.6. The molecule has 0 aromatic carbocycles. The van der Waals surface area contributed by atoms with Crippen molar-refractivity contribution in [1.82, 2.24) is 14.9 Å². The Morgan fingerprint density at radius 2 is 1.93 bits per heavy atom. The molecule has 160 valence electrons. The molecule has 2 heterocycles. The summed E-state index contributed by atoms with van der Waals surface area (Å²) in [5.41, 5.74) is 12.1. The first-order valence-electron chi connectivity index (χ1n) is 9.73. The van der Waals surface area contributed by atoms with E-state index in [1.165, 1.54) is 17.2 Å². The van der Waals surface area contributed by atoms with Crippen molar-refractivity contribution in [2.45, 2.75) is 37.8 Å². The molecule has 1 saturated carbocycles.